The van der Waals surface area contributed by atoms with Crippen LogP contribution in [0.15, 0.2) is 52.6 Å². The first-order chi connectivity index (χ1) is 11.8. The van der Waals surface area contributed by atoms with Crippen LogP contribution in [-0.4, -0.2) is 20.6 Å². The molecule has 8 heteroatoms. The average molecular weight is 341 g/mol. The Morgan fingerprint density at radius 1 is 1.36 bits per heavy atom. The molecule has 25 heavy (non-hydrogen) atoms. The number of anilines is 1. The summed E-state index contributed by atoms with van der Waals surface area (Å²) in [6, 6.07) is 7.39. The number of rotatable bonds is 3. The summed E-state index contributed by atoms with van der Waals surface area (Å²) in [7, 11) is 1.57. The van der Waals surface area contributed by atoms with Gasteiger partial charge in [0.15, 0.2) is 0 Å². The van der Waals surface area contributed by atoms with Crippen LogP contribution in [0.3, 0.4) is 0 Å². The van der Waals surface area contributed by atoms with Gasteiger partial charge in [0, 0.05) is 36.8 Å². The largest absolute Gasteiger partial charge is 0.478 e. The van der Waals surface area contributed by atoms with Crippen molar-refractivity contribution in [2.75, 3.05) is 5.32 Å². The lowest BCUT2D eigenvalue weighted by Crippen LogP contribution is -2.31. The molecule has 0 saturated heterocycles. The summed E-state index contributed by atoms with van der Waals surface area (Å²) in [5.74, 6) is -2.08. The molecule has 0 bridgehead atoms. The molecule has 0 amide bonds. The molecule has 1 unspecified atom stereocenters. The molecule has 128 valence electrons. The summed E-state index contributed by atoms with van der Waals surface area (Å²) in [5.41, 5.74) is 1.02. The van der Waals surface area contributed by atoms with Crippen LogP contribution in [0.1, 0.15) is 24.0 Å². The minimum Gasteiger partial charge on any atom is -0.478 e. The number of aromatic nitrogens is 1. The number of hydrogen-bond acceptors (Lipinski definition) is 5. The number of carboxylic acids is 1. The minimum atomic E-state index is -1.18. The molecule has 8 nitrogen and oxygen atoms in total. The van der Waals surface area contributed by atoms with Gasteiger partial charge in [-0.1, -0.05) is 12.1 Å². The van der Waals surface area contributed by atoms with Crippen molar-refractivity contribution in [1.82, 2.24) is 4.57 Å². The fraction of sp³-hybridized carbons (Fsp3) is 0.176. The Morgan fingerprint density at radius 3 is 2.72 bits per heavy atom. The maximum Gasteiger partial charge on any atom is 0.334 e. The van der Waals surface area contributed by atoms with Gasteiger partial charge in [-0.15, -0.1) is 0 Å². The van der Waals surface area contributed by atoms with Crippen molar-refractivity contribution in [3.8, 4) is 0 Å². The van der Waals surface area contributed by atoms with E-state index < -0.39 is 16.8 Å². The molecule has 2 heterocycles. The van der Waals surface area contributed by atoms with Crippen LogP contribution in [0.25, 0.3) is 0 Å². The Bertz CT molecular complexity index is 990. The van der Waals surface area contributed by atoms with Gasteiger partial charge in [0.2, 0.25) is 0 Å². The van der Waals surface area contributed by atoms with Gasteiger partial charge in [-0.3, -0.25) is 14.9 Å². The predicted molar refractivity (Wildman–Crippen MR) is 90.6 cm³/mol. The third kappa shape index (κ3) is 2.67. The van der Waals surface area contributed by atoms with E-state index in [2.05, 4.69) is 5.32 Å². The second kappa shape index (κ2) is 5.90. The van der Waals surface area contributed by atoms with Crippen LogP contribution in [0.5, 0.6) is 0 Å². The zero-order valence-electron chi connectivity index (χ0n) is 13.5. The van der Waals surface area contributed by atoms with Crippen molar-refractivity contribution >= 4 is 17.3 Å². The SMILES string of the molecule is CC1=C(C(=O)O)C(c2cccc([N+](=O)[O-])c2)c2c(ccn(C)c2=O)N1. The van der Waals surface area contributed by atoms with Crippen molar-refractivity contribution < 1.29 is 14.8 Å². The van der Waals surface area contributed by atoms with Gasteiger partial charge in [-0.2, -0.15) is 0 Å². The van der Waals surface area contributed by atoms with E-state index in [0.29, 0.717) is 16.9 Å². The van der Waals surface area contributed by atoms with Gasteiger partial charge in [-0.25, -0.2) is 4.79 Å². The van der Waals surface area contributed by atoms with E-state index in [-0.39, 0.29) is 22.4 Å². The number of hydrogen-bond donors (Lipinski definition) is 2. The van der Waals surface area contributed by atoms with E-state index in [1.54, 1.807) is 32.3 Å². The molecule has 1 aliphatic heterocycles. The molecule has 0 fully saturated rings. The van der Waals surface area contributed by atoms with Gasteiger partial charge in [-0.05, 0) is 18.6 Å². The predicted octanol–water partition coefficient (Wildman–Crippen LogP) is 2.21. The van der Waals surface area contributed by atoms with Gasteiger partial charge in [0.05, 0.1) is 22.0 Å². The summed E-state index contributed by atoms with van der Waals surface area (Å²) in [6.07, 6.45) is 1.58. The van der Waals surface area contributed by atoms with Gasteiger partial charge in [0.25, 0.3) is 11.2 Å². The number of fused-ring (bicyclic) bond motifs is 1. The number of pyridine rings is 1. The summed E-state index contributed by atoms with van der Waals surface area (Å²) in [4.78, 5) is 35.0. The van der Waals surface area contributed by atoms with Crippen molar-refractivity contribution in [1.29, 1.82) is 0 Å². The number of allylic oxidation sites excluding steroid dienone is 1. The molecule has 2 N–H and O–H groups in total. The number of nitrogens with zero attached hydrogens (tertiary/aromatic N) is 2. The molecule has 1 aromatic heterocycles. The Morgan fingerprint density at radius 2 is 2.08 bits per heavy atom. The van der Waals surface area contributed by atoms with E-state index >= 15 is 0 Å². The quantitative estimate of drug-likeness (QED) is 0.653. The average Bonchev–Trinajstić information content (AvgIpc) is 2.57. The number of carbonyl (C=O) groups is 1. The lowest BCUT2D eigenvalue weighted by Gasteiger charge is -2.28. The molecule has 3 rings (SSSR count). The molecule has 1 aromatic carbocycles. The fourth-order valence-electron chi connectivity index (χ4n) is 3.10. The number of nitrogens with one attached hydrogen (secondary N) is 1. The van der Waals surface area contributed by atoms with E-state index in [9.17, 15) is 24.8 Å². The standard InChI is InChI=1S/C17H15N3O5/c1-9-13(17(22)23)14(10-4-3-5-11(8-10)20(24)25)15-12(18-9)6-7-19(2)16(15)21/h3-8,14,18H,1-2H3,(H,22,23). The fourth-order valence-corrected chi connectivity index (χ4v) is 3.10. The van der Waals surface area contributed by atoms with E-state index in [1.807, 2.05) is 0 Å². The van der Waals surface area contributed by atoms with Crippen LogP contribution in [0.2, 0.25) is 0 Å². The van der Waals surface area contributed by atoms with E-state index in [1.165, 1.54) is 22.8 Å². The Hall–Kier alpha value is -3.42. The molecule has 0 spiro atoms. The van der Waals surface area contributed by atoms with Crippen molar-refractivity contribution in [3.05, 3.63) is 79.4 Å². The maximum atomic E-state index is 12.7. The zero-order valence-corrected chi connectivity index (χ0v) is 13.5. The molecular weight excluding hydrogens is 326 g/mol. The van der Waals surface area contributed by atoms with Crippen LogP contribution in [0.4, 0.5) is 11.4 Å². The number of carboxylic acid groups (broad SMARTS) is 1. The molecular formula is C17H15N3O5. The highest BCUT2D eigenvalue weighted by molar-refractivity contribution is 5.93. The smallest absolute Gasteiger partial charge is 0.334 e. The highest BCUT2D eigenvalue weighted by atomic mass is 16.6. The van der Waals surface area contributed by atoms with Crippen molar-refractivity contribution in [2.45, 2.75) is 12.8 Å². The lowest BCUT2D eigenvalue weighted by molar-refractivity contribution is -0.384. The van der Waals surface area contributed by atoms with E-state index in [4.69, 9.17) is 0 Å². The summed E-state index contributed by atoms with van der Waals surface area (Å²) < 4.78 is 1.35. The number of non-ortho nitro benzene ring substituents is 1. The third-order valence-corrected chi connectivity index (χ3v) is 4.25. The van der Waals surface area contributed by atoms with Crippen LogP contribution < -0.4 is 10.9 Å². The number of benzene rings is 1. The monoisotopic (exact) mass is 341 g/mol. The summed E-state index contributed by atoms with van der Waals surface area (Å²) >= 11 is 0. The van der Waals surface area contributed by atoms with Crippen molar-refractivity contribution in [3.63, 3.8) is 0 Å². The molecule has 1 atom stereocenters. The second-order valence-electron chi connectivity index (χ2n) is 5.81. The van der Waals surface area contributed by atoms with Crippen molar-refractivity contribution in [2.24, 2.45) is 7.05 Å². The Balaban J connectivity index is 2.34. The van der Waals surface area contributed by atoms with Crippen LogP contribution in [0, 0.1) is 10.1 Å². The molecule has 0 saturated carbocycles. The molecule has 0 radical (unpaired) electrons. The van der Waals surface area contributed by atoms with Crippen LogP contribution >= 0.6 is 0 Å². The molecule has 2 aromatic rings. The highest BCUT2D eigenvalue weighted by Gasteiger charge is 2.35. The minimum absolute atomic E-state index is 0.00343. The molecule has 1 aliphatic rings. The number of nitro benzene ring substituents is 1. The first-order valence-electron chi connectivity index (χ1n) is 7.46. The summed E-state index contributed by atoms with van der Waals surface area (Å²) in [5, 5.41) is 23.7. The number of nitro groups is 1. The summed E-state index contributed by atoms with van der Waals surface area (Å²) in [6.45, 7) is 1.61. The Kier molecular flexibility index (Phi) is 3.88. The first-order valence-corrected chi connectivity index (χ1v) is 7.46. The topological polar surface area (TPSA) is 114 Å². The second-order valence-corrected chi connectivity index (χ2v) is 5.81. The third-order valence-electron chi connectivity index (χ3n) is 4.25. The van der Waals surface area contributed by atoms with Gasteiger partial charge >= 0.3 is 5.97 Å². The zero-order chi connectivity index (χ0) is 18.3. The highest BCUT2D eigenvalue weighted by Crippen LogP contribution is 2.40. The lowest BCUT2D eigenvalue weighted by atomic mass is 9.81. The maximum absolute atomic E-state index is 12.7. The number of aryl methyl sites for hydroxylation is 1. The molecule has 0 aliphatic carbocycles. The van der Waals surface area contributed by atoms with Crippen LogP contribution in [-0.2, 0) is 11.8 Å². The first kappa shape index (κ1) is 16.4. The Labute approximate surface area is 142 Å². The van der Waals surface area contributed by atoms with Gasteiger partial charge < -0.3 is 15.0 Å². The van der Waals surface area contributed by atoms with Gasteiger partial charge in [0.1, 0.15) is 0 Å². The van der Waals surface area contributed by atoms with E-state index in [0.717, 1.165) is 0 Å². The normalized spacial score (nSPS) is 16.2. The number of aliphatic carboxylic acids is 1.